The van der Waals surface area contributed by atoms with Crippen molar-refractivity contribution in [1.82, 2.24) is 25.1 Å². The molecule has 43 heavy (non-hydrogen) atoms. The Balaban J connectivity index is 1.02. The summed E-state index contributed by atoms with van der Waals surface area (Å²) >= 11 is 0. The van der Waals surface area contributed by atoms with Gasteiger partial charge in [0.15, 0.2) is 12.2 Å². The molecular formula is C32H43N7O4. The monoisotopic (exact) mass is 589 g/mol. The third-order valence-corrected chi connectivity index (χ3v) is 8.78. The number of hydrogen-bond donors (Lipinski definition) is 3. The first-order chi connectivity index (χ1) is 21.0. The topological polar surface area (TPSA) is 119 Å². The van der Waals surface area contributed by atoms with Crippen molar-refractivity contribution in [3.05, 3.63) is 65.4 Å². The van der Waals surface area contributed by atoms with Crippen LogP contribution in [0.2, 0.25) is 0 Å². The van der Waals surface area contributed by atoms with E-state index in [2.05, 4.69) is 49.4 Å². The summed E-state index contributed by atoms with van der Waals surface area (Å²) in [5.41, 5.74) is 3.06. The average molecular weight is 590 g/mol. The van der Waals surface area contributed by atoms with Crippen LogP contribution in [0.25, 0.3) is 0 Å². The van der Waals surface area contributed by atoms with E-state index in [4.69, 9.17) is 14.1 Å². The number of oxazole rings is 1. The highest BCUT2D eigenvalue weighted by atomic mass is 16.5. The smallest absolute Gasteiger partial charge is 0.251 e. The van der Waals surface area contributed by atoms with E-state index in [9.17, 15) is 9.90 Å². The second-order valence-electron chi connectivity index (χ2n) is 11.8. The van der Waals surface area contributed by atoms with Crippen LogP contribution in [0.4, 0.5) is 11.6 Å². The molecule has 2 aliphatic heterocycles. The number of ether oxygens (including phenoxy) is 1. The van der Waals surface area contributed by atoms with E-state index >= 15 is 0 Å². The van der Waals surface area contributed by atoms with Crippen LogP contribution in [0.15, 0.2) is 47.3 Å². The molecule has 0 radical (unpaired) electrons. The van der Waals surface area contributed by atoms with E-state index in [-0.39, 0.29) is 12.5 Å². The normalized spacial score (nSPS) is 18.5. The van der Waals surface area contributed by atoms with Gasteiger partial charge in [-0.3, -0.25) is 9.69 Å². The molecule has 1 amide bonds. The van der Waals surface area contributed by atoms with Gasteiger partial charge in [-0.25, -0.2) is 9.97 Å². The lowest BCUT2D eigenvalue weighted by molar-refractivity contribution is 0.0841. The van der Waals surface area contributed by atoms with Gasteiger partial charge in [0.2, 0.25) is 0 Å². The molecule has 1 atom stereocenters. The Labute approximate surface area is 253 Å². The van der Waals surface area contributed by atoms with Gasteiger partial charge in [-0.1, -0.05) is 13.0 Å². The zero-order chi connectivity index (χ0) is 29.6. The Morgan fingerprint density at radius 2 is 1.98 bits per heavy atom. The minimum absolute atomic E-state index is 0.187. The van der Waals surface area contributed by atoms with E-state index in [1.807, 2.05) is 18.2 Å². The summed E-state index contributed by atoms with van der Waals surface area (Å²) in [7, 11) is 0. The van der Waals surface area contributed by atoms with Crippen molar-refractivity contribution < 1.29 is 19.1 Å². The van der Waals surface area contributed by atoms with Gasteiger partial charge in [0, 0.05) is 64.0 Å². The van der Waals surface area contributed by atoms with Crippen LogP contribution >= 0.6 is 0 Å². The van der Waals surface area contributed by atoms with Crippen LogP contribution in [0.5, 0.6) is 5.75 Å². The van der Waals surface area contributed by atoms with Gasteiger partial charge in [-0.15, -0.1) is 0 Å². The summed E-state index contributed by atoms with van der Waals surface area (Å²) in [6.07, 6.45) is 6.74. The molecule has 2 fully saturated rings. The number of aliphatic hydroxyl groups excluding tert-OH is 1. The number of benzene rings is 1. The summed E-state index contributed by atoms with van der Waals surface area (Å²) in [5.74, 6) is 2.90. The maximum Gasteiger partial charge on any atom is 0.251 e. The molecule has 0 bridgehead atoms. The number of aliphatic hydroxyl groups is 1. The largest absolute Gasteiger partial charge is 0.486 e. The third-order valence-electron chi connectivity index (χ3n) is 8.78. The number of fused-ring (bicyclic) bond motifs is 1. The SMILES string of the molecule is CCN1CCN(c2cc(C(=O)NCC(O)CN3CCc4cc(OCc5cnco5)ccc4C3)cc(NC3CCC3)n2)CC1. The molecule has 1 saturated heterocycles. The maximum absolute atomic E-state index is 13.3. The van der Waals surface area contributed by atoms with Crippen molar-refractivity contribution in [3.63, 3.8) is 0 Å². The molecule has 230 valence electrons. The molecule has 1 saturated carbocycles. The fourth-order valence-electron chi connectivity index (χ4n) is 5.91. The first kappa shape index (κ1) is 29.4. The highest BCUT2D eigenvalue weighted by Crippen LogP contribution is 2.26. The van der Waals surface area contributed by atoms with Crippen molar-refractivity contribution in [2.24, 2.45) is 0 Å². The van der Waals surface area contributed by atoms with Crippen molar-refractivity contribution in [1.29, 1.82) is 0 Å². The number of carbonyl (C=O) groups excluding carboxylic acids is 1. The Bertz CT molecular complexity index is 1360. The van der Waals surface area contributed by atoms with Crippen LogP contribution in [0, 0.1) is 0 Å². The van der Waals surface area contributed by atoms with Gasteiger partial charge in [-0.05, 0) is 67.6 Å². The zero-order valence-corrected chi connectivity index (χ0v) is 25.0. The maximum atomic E-state index is 13.3. The van der Waals surface area contributed by atoms with Crippen molar-refractivity contribution in [3.8, 4) is 5.75 Å². The van der Waals surface area contributed by atoms with Crippen molar-refractivity contribution in [2.75, 3.05) is 62.6 Å². The predicted octanol–water partition coefficient (Wildman–Crippen LogP) is 2.90. The summed E-state index contributed by atoms with van der Waals surface area (Å²) in [6, 6.07) is 10.3. The molecule has 1 unspecified atom stereocenters. The Hall–Kier alpha value is -3.67. The number of amides is 1. The molecule has 11 heteroatoms. The van der Waals surface area contributed by atoms with E-state index in [0.29, 0.717) is 30.5 Å². The lowest BCUT2D eigenvalue weighted by atomic mass is 9.93. The lowest BCUT2D eigenvalue weighted by Gasteiger charge is -2.35. The number of nitrogens with one attached hydrogen (secondary N) is 2. The van der Waals surface area contributed by atoms with Crippen LogP contribution in [0.3, 0.4) is 0 Å². The number of rotatable bonds is 12. The minimum atomic E-state index is -0.675. The Morgan fingerprint density at radius 3 is 2.72 bits per heavy atom. The quantitative estimate of drug-likeness (QED) is 0.291. The number of piperazine rings is 1. The molecule has 6 rings (SSSR count). The zero-order valence-electron chi connectivity index (χ0n) is 25.0. The summed E-state index contributed by atoms with van der Waals surface area (Å²) in [5, 5.41) is 17.3. The lowest BCUT2D eigenvalue weighted by Crippen LogP contribution is -2.46. The predicted molar refractivity (Wildman–Crippen MR) is 164 cm³/mol. The van der Waals surface area contributed by atoms with E-state index < -0.39 is 6.10 Å². The van der Waals surface area contributed by atoms with Gasteiger partial charge < -0.3 is 34.7 Å². The Morgan fingerprint density at radius 1 is 1.12 bits per heavy atom. The van der Waals surface area contributed by atoms with E-state index in [1.165, 1.54) is 23.9 Å². The average Bonchev–Trinajstić information content (AvgIpc) is 3.54. The van der Waals surface area contributed by atoms with Crippen molar-refractivity contribution in [2.45, 2.75) is 57.9 Å². The first-order valence-corrected chi connectivity index (χ1v) is 15.6. The fourth-order valence-corrected chi connectivity index (χ4v) is 5.91. The minimum Gasteiger partial charge on any atom is -0.486 e. The second kappa shape index (κ2) is 13.7. The molecule has 11 nitrogen and oxygen atoms in total. The van der Waals surface area contributed by atoms with Crippen LogP contribution in [0.1, 0.15) is 53.4 Å². The van der Waals surface area contributed by atoms with Gasteiger partial charge in [0.1, 0.15) is 24.0 Å². The van der Waals surface area contributed by atoms with Gasteiger partial charge in [0.25, 0.3) is 5.91 Å². The number of anilines is 2. The van der Waals surface area contributed by atoms with Crippen LogP contribution in [-0.4, -0.2) is 95.3 Å². The molecule has 3 aromatic rings. The molecule has 1 aliphatic carbocycles. The van der Waals surface area contributed by atoms with E-state index in [1.54, 1.807) is 6.20 Å². The summed E-state index contributed by atoms with van der Waals surface area (Å²) < 4.78 is 11.1. The fraction of sp³-hybridized carbons (Fsp3) is 0.531. The number of likely N-dealkylation sites (N-methyl/N-ethyl adjacent to an activating group) is 1. The van der Waals surface area contributed by atoms with E-state index in [0.717, 1.165) is 82.5 Å². The summed E-state index contributed by atoms with van der Waals surface area (Å²) in [6.45, 7) is 9.61. The molecule has 4 heterocycles. The van der Waals surface area contributed by atoms with Crippen LogP contribution in [-0.2, 0) is 19.6 Å². The first-order valence-electron chi connectivity index (χ1n) is 15.6. The number of nitrogens with zero attached hydrogens (tertiary/aromatic N) is 5. The molecular weight excluding hydrogens is 546 g/mol. The van der Waals surface area contributed by atoms with Crippen molar-refractivity contribution >= 4 is 17.5 Å². The number of aromatic nitrogens is 2. The number of hydrogen-bond acceptors (Lipinski definition) is 10. The van der Waals surface area contributed by atoms with Crippen LogP contribution < -0.4 is 20.3 Å². The molecule has 2 aromatic heterocycles. The summed E-state index contributed by atoms with van der Waals surface area (Å²) in [4.78, 5) is 29.0. The number of carbonyl (C=O) groups is 1. The highest BCUT2D eigenvalue weighted by molar-refractivity contribution is 5.95. The number of β-amino-alcohol motifs (C(OH)–C–C–N with tert-alkyl or cyclic N) is 1. The second-order valence-corrected chi connectivity index (χ2v) is 11.8. The molecule has 1 aromatic carbocycles. The van der Waals surface area contributed by atoms with Gasteiger partial charge in [0.05, 0.1) is 12.3 Å². The van der Waals surface area contributed by atoms with Gasteiger partial charge in [-0.2, -0.15) is 0 Å². The standard InChI is InChI=1S/C32H43N7O4/c1-2-37-10-12-39(13-11-37)31-16-25(15-30(36-31)35-26-4-3-5-26)32(41)34-17-27(40)20-38-9-8-23-14-28(7-6-24(23)19-38)42-21-29-18-33-22-43-29/h6-7,14-16,18,22,26-27,40H,2-5,8-13,17,19-21H2,1H3,(H,34,41)(H,35,36). The highest BCUT2D eigenvalue weighted by Gasteiger charge is 2.23. The molecule has 3 N–H and O–H groups in total. The molecule has 3 aliphatic rings. The number of pyridine rings is 1. The Kier molecular flexibility index (Phi) is 9.40. The van der Waals surface area contributed by atoms with Gasteiger partial charge >= 0.3 is 0 Å². The molecule has 0 spiro atoms. The third kappa shape index (κ3) is 7.65.